The number of benzene rings is 1. The van der Waals surface area contributed by atoms with Gasteiger partial charge < -0.3 is 5.32 Å². The number of carbonyl (C=O) groups excluding carboxylic acids is 1. The molecule has 28 heavy (non-hydrogen) atoms. The maximum absolute atomic E-state index is 12.9. The number of carbonyl (C=O) groups is 1. The zero-order valence-corrected chi connectivity index (χ0v) is 16.3. The van der Waals surface area contributed by atoms with E-state index in [0.29, 0.717) is 18.7 Å². The van der Waals surface area contributed by atoms with Crippen molar-refractivity contribution in [3.8, 4) is 16.3 Å². The van der Waals surface area contributed by atoms with Gasteiger partial charge in [0.25, 0.3) is 5.91 Å². The molecule has 0 fully saturated rings. The number of hydrogen-bond acceptors (Lipinski definition) is 4. The molecule has 3 aromatic heterocycles. The van der Waals surface area contributed by atoms with Crippen LogP contribution in [0.4, 0.5) is 0 Å². The van der Waals surface area contributed by atoms with E-state index < -0.39 is 0 Å². The van der Waals surface area contributed by atoms with Crippen LogP contribution in [0.3, 0.4) is 0 Å². The van der Waals surface area contributed by atoms with Gasteiger partial charge in [-0.2, -0.15) is 5.10 Å². The van der Waals surface area contributed by atoms with E-state index in [1.807, 2.05) is 73.0 Å². The molecule has 0 unspecified atom stereocenters. The summed E-state index contributed by atoms with van der Waals surface area (Å²) in [5, 5.41) is 9.71. The summed E-state index contributed by atoms with van der Waals surface area (Å²) in [5.74, 6) is -0.146. The van der Waals surface area contributed by atoms with Crippen molar-refractivity contribution in [2.45, 2.75) is 13.3 Å². The molecule has 0 saturated heterocycles. The van der Waals surface area contributed by atoms with Gasteiger partial charge in [0, 0.05) is 24.9 Å². The first kappa shape index (κ1) is 18.1. The lowest BCUT2D eigenvalue weighted by atomic mass is 10.2. The Morgan fingerprint density at radius 3 is 2.79 bits per heavy atom. The molecule has 5 nitrogen and oxygen atoms in total. The molecule has 0 saturated carbocycles. The Balaban J connectivity index is 1.60. The average molecular weight is 388 g/mol. The first-order chi connectivity index (χ1) is 13.7. The molecule has 6 heteroatoms. The smallest absolute Gasteiger partial charge is 0.270 e. The average Bonchev–Trinajstić information content (AvgIpc) is 3.38. The van der Waals surface area contributed by atoms with Crippen LogP contribution in [-0.4, -0.2) is 27.2 Å². The second kappa shape index (κ2) is 8.19. The minimum absolute atomic E-state index is 0.146. The number of nitrogens with one attached hydrogen (secondary N) is 1. The van der Waals surface area contributed by atoms with Gasteiger partial charge in [0.2, 0.25) is 0 Å². The van der Waals surface area contributed by atoms with Crippen molar-refractivity contribution in [2.75, 3.05) is 6.54 Å². The second-order valence-corrected chi connectivity index (χ2v) is 7.42. The third-order valence-electron chi connectivity index (χ3n) is 4.35. The van der Waals surface area contributed by atoms with Crippen LogP contribution in [0.5, 0.6) is 0 Å². The molecule has 1 aromatic carbocycles. The first-order valence-corrected chi connectivity index (χ1v) is 9.98. The lowest BCUT2D eigenvalue weighted by Crippen LogP contribution is -2.28. The standard InChI is InChI=1S/C22H20N4OS/c1-16-6-4-8-18(14-16)26-20(15-19(25-26)21-9-5-13-28-21)22(27)24-12-10-17-7-2-3-11-23-17/h2-9,11,13-15H,10,12H2,1H3,(H,24,27). The molecule has 0 bridgehead atoms. The van der Waals surface area contributed by atoms with Crippen LogP contribution in [0.15, 0.2) is 72.2 Å². The van der Waals surface area contributed by atoms with Crippen molar-refractivity contribution in [3.63, 3.8) is 0 Å². The summed E-state index contributed by atoms with van der Waals surface area (Å²) in [6, 6.07) is 19.6. The number of hydrogen-bond donors (Lipinski definition) is 1. The van der Waals surface area contributed by atoms with E-state index in [9.17, 15) is 4.79 Å². The van der Waals surface area contributed by atoms with Gasteiger partial charge in [0.15, 0.2) is 0 Å². The number of pyridine rings is 1. The lowest BCUT2D eigenvalue weighted by molar-refractivity contribution is 0.0946. The van der Waals surface area contributed by atoms with E-state index in [0.717, 1.165) is 27.5 Å². The number of thiophene rings is 1. The summed E-state index contributed by atoms with van der Waals surface area (Å²) in [5.41, 5.74) is 4.26. The molecule has 0 aliphatic heterocycles. The lowest BCUT2D eigenvalue weighted by Gasteiger charge is -2.09. The molecule has 0 aliphatic rings. The van der Waals surface area contributed by atoms with Crippen molar-refractivity contribution in [1.82, 2.24) is 20.1 Å². The van der Waals surface area contributed by atoms with E-state index in [4.69, 9.17) is 5.10 Å². The summed E-state index contributed by atoms with van der Waals surface area (Å²) >= 11 is 1.61. The Morgan fingerprint density at radius 2 is 2.04 bits per heavy atom. The van der Waals surface area contributed by atoms with Crippen molar-refractivity contribution in [1.29, 1.82) is 0 Å². The molecule has 140 valence electrons. The number of nitrogens with zero attached hydrogens (tertiary/aromatic N) is 3. The van der Waals surface area contributed by atoms with E-state index in [1.54, 1.807) is 22.2 Å². The minimum atomic E-state index is -0.146. The van der Waals surface area contributed by atoms with Crippen LogP contribution in [-0.2, 0) is 6.42 Å². The maximum Gasteiger partial charge on any atom is 0.270 e. The Morgan fingerprint density at radius 1 is 1.11 bits per heavy atom. The highest BCUT2D eigenvalue weighted by Crippen LogP contribution is 2.26. The highest BCUT2D eigenvalue weighted by molar-refractivity contribution is 7.13. The summed E-state index contributed by atoms with van der Waals surface area (Å²) in [7, 11) is 0. The second-order valence-electron chi connectivity index (χ2n) is 6.47. The van der Waals surface area contributed by atoms with Crippen molar-refractivity contribution < 1.29 is 4.79 Å². The van der Waals surface area contributed by atoms with Gasteiger partial charge in [0.1, 0.15) is 11.4 Å². The fourth-order valence-electron chi connectivity index (χ4n) is 2.98. The quantitative estimate of drug-likeness (QED) is 0.536. The molecule has 0 radical (unpaired) electrons. The van der Waals surface area contributed by atoms with Gasteiger partial charge in [-0.15, -0.1) is 11.3 Å². The van der Waals surface area contributed by atoms with E-state index in [-0.39, 0.29) is 5.91 Å². The van der Waals surface area contributed by atoms with Gasteiger partial charge in [-0.1, -0.05) is 24.3 Å². The predicted octanol–water partition coefficient (Wildman–Crippen LogP) is 4.28. The first-order valence-electron chi connectivity index (χ1n) is 9.10. The molecular formula is C22H20N4OS. The molecule has 4 rings (SSSR count). The topological polar surface area (TPSA) is 59.8 Å². The molecule has 0 atom stereocenters. The number of aryl methyl sites for hydroxylation is 1. The summed E-state index contributed by atoms with van der Waals surface area (Å²) in [6.07, 6.45) is 2.44. The van der Waals surface area contributed by atoms with Gasteiger partial charge in [-0.05, 0) is 54.3 Å². The van der Waals surface area contributed by atoms with Crippen molar-refractivity contribution >= 4 is 17.2 Å². The third-order valence-corrected chi connectivity index (χ3v) is 5.25. The minimum Gasteiger partial charge on any atom is -0.350 e. The SMILES string of the molecule is Cc1cccc(-n2nc(-c3cccs3)cc2C(=O)NCCc2ccccn2)c1. The molecule has 0 aliphatic carbocycles. The predicted molar refractivity (Wildman–Crippen MR) is 112 cm³/mol. The van der Waals surface area contributed by atoms with Crippen LogP contribution < -0.4 is 5.32 Å². The highest BCUT2D eigenvalue weighted by atomic mass is 32.1. The fourth-order valence-corrected chi connectivity index (χ4v) is 3.67. The molecule has 1 N–H and O–H groups in total. The van der Waals surface area contributed by atoms with Crippen LogP contribution in [0, 0.1) is 6.92 Å². The summed E-state index contributed by atoms with van der Waals surface area (Å²) < 4.78 is 1.72. The number of amides is 1. The van der Waals surface area contributed by atoms with E-state index in [2.05, 4.69) is 10.3 Å². The third kappa shape index (κ3) is 4.02. The number of rotatable bonds is 6. The largest absolute Gasteiger partial charge is 0.350 e. The van der Waals surface area contributed by atoms with Gasteiger partial charge in [0.05, 0.1) is 10.6 Å². The Hall–Kier alpha value is -3.25. The van der Waals surface area contributed by atoms with Crippen LogP contribution in [0.25, 0.3) is 16.3 Å². The normalized spacial score (nSPS) is 10.8. The molecule has 3 heterocycles. The zero-order chi connectivity index (χ0) is 19.3. The molecule has 1 amide bonds. The molecule has 0 spiro atoms. The Bertz CT molecular complexity index is 1070. The molecular weight excluding hydrogens is 368 g/mol. The van der Waals surface area contributed by atoms with Gasteiger partial charge >= 0.3 is 0 Å². The van der Waals surface area contributed by atoms with E-state index in [1.165, 1.54) is 0 Å². The fraction of sp³-hybridized carbons (Fsp3) is 0.136. The van der Waals surface area contributed by atoms with Crippen molar-refractivity contribution in [2.24, 2.45) is 0 Å². The highest BCUT2D eigenvalue weighted by Gasteiger charge is 2.18. The zero-order valence-electron chi connectivity index (χ0n) is 15.5. The van der Waals surface area contributed by atoms with E-state index >= 15 is 0 Å². The van der Waals surface area contributed by atoms with Crippen LogP contribution in [0.2, 0.25) is 0 Å². The summed E-state index contributed by atoms with van der Waals surface area (Å²) in [6.45, 7) is 2.54. The Labute approximate surface area is 167 Å². The monoisotopic (exact) mass is 388 g/mol. The summed E-state index contributed by atoms with van der Waals surface area (Å²) in [4.78, 5) is 18.2. The van der Waals surface area contributed by atoms with Gasteiger partial charge in [-0.25, -0.2) is 4.68 Å². The molecule has 4 aromatic rings. The van der Waals surface area contributed by atoms with Crippen LogP contribution in [0.1, 0.15) is 21.7 Å². The van der Waals surface area contributed by atoms with Crippen molar-refractivity contribution in [3.05, 3.63) is 89.2 Å². The number of aromatic nitrogens is 3. The maximum atomic E-state index is 12.9. The van der Waals surface area contributed by atoms with Crippen LogP contribution >= 0.6 is 11.3 Å². The Kier molecular flexibility index (Phi) is 5.30. The van der Waals surface area contributed by atoms with Gasteiger partial charge in [-0.3, -0.25) is 9.78 Å².